The summed E-state index contributed by atoms with van der Waals surface area (Å²) in [6.45, 7) is 4.82. The van der Waals surface area contributed by atoms with Gasteiger partial charge in [-0.15, -0.1) is 11.6 Å². The molecule has 2 atom stereocenters. The molecular weight excluding hydrogens is 429 g/mol. The number of rotatable bonds is 4. The van der Waals surface area contributed by atoms with Crippen LogP contribution in [-0.4, -0.2) is 26.0 Å². The summed E-state index contributed by atoms with van der Waals surface area (Å²) in [7, 11) is -4.24. The van der Waals surface area contributed by atoms with E-state index in [0.29, 0.717) is 10.6 Å². The summed E-state index contributed by atoms with van der Waals surface area (Å²) in [6, 6.07) is 9.18. The summed E-state index contributed by atoms with van der Waals surface area (Å²) >= 11 is 5.54. The van der Waals surface area contributed by atoms with Gasteiger partial charge in [-0.1, -0.05) is 43.9 Å². The van der Waals surface area contributed by atoms with Crippen LogP contribution in [0.4, 0.5) is 4.39 Å². The lowest BCUT2D eigenvalue weighted by molar-refractivity contribution is 0.116. The Bertz CT molecular complexity index is 1110. The number of hydrogen-bond donors (Lipinski definition) is 0. The molecule has 8 heteroatoms. The summed E-state index contributed by atoms with van der Waals surface area (Å²) in [5, 5.41) is 14.2. The topological polar surface area (TPSA) is 69.7 Å². The summed E-state index contributed by atoms with van der Waals surface area (Å²) < 4.78 is 47.8. The van der Waals surface area contributed by atoms with E-state index < -0.39 is 32.5 Å². The van der Waals surface area contributed by atoms with Crippen molar-refractivity contribution in [2.75, 3.05) is 12.5 Å². The molecule has 1 aliphatic heterocycles. The number of fused-ring (bicyclic) bond motifs is 1. The van der Waals surface area contributed by atoms with Gasteiger partial charge >= 0.3 is 0 Å². The van der Waals surface area contributed by atoms with Gasteiger partial charge < -0.3 is 15.0 Å². The van der Waals surface area contributed by atoms with Crippen LogP contribution >= 0.6 is 11.6 Å². The number of sulfone groups is 1. The molecule has 0 aromatic heterocycles. The number of benzene rings is 2. The molecule has 160 valence electrons. The van der Waals surface area contributed by atoms with E-state index in [9.17, 15) is 18.0 Å². The predicted molar refractivity (Wildman–Crippen MR) is 114 cm³/mol. The summed E-state index contributed by atoms with van der Waals surface area (Å²) in [6.07, 6.45) is 0. The average molecular weight is 451 g/mol. The van der Waals surface area contributed by atoms with Crippen molar-refractivity contribution in [3.8, 4) is 17.6 Å². The van der Waals surface area contributed by atoms with Crippen molar-refractivity contribution < 1.29 is 17.5 Å². The third-order valence-corrected chi connectivity index (χ3v) is 8.12. The van der Waals surface area contributed by atoms with E-state index >= 15 is 0 Å². The molecule has 0 fully saturated rings. The molecule has 0 bridgehead atoms. The van der Waals surface area contributed by atoms with E-state index in [1.165, 1.54) is 12.1 Å². The molecule has 5 nitrogen and oxygen atoms in total. The number of halogens is 2. The maximum Gasteiger partial charge on any atom is 0.201 e. The van der Waals surface area contributed by atoms with Crippen molar-refractivity contribution in [2.45, 2.75) is 36.6 Å². The van der Waals surface area contributed by atoms with Crippen LogP contribution in [0.5, 0.6) is 5.75 Å². The van der Waals surface area contributed by atoms with Crippen molar-refractivity contribution >= 4 is 21.4 Å². The molecule has 1 heterocycles. The number of alkyl halides is 1. The zero-order valence-electron chi connectivity index (χ0n) is 16.9. The molecule has 2 aromatic rings. The van der Waals surface area contributed by atoms with Crippen LogP contribution in [0.25, 0.3) is 0 Å². The Morgan fingerprint density at radius 2 is 1.97 bits per heavy atom. The molecule has 3 rings (SSSR count). The fourth-order valence-corrected chi connectivity index (χ4v) is 6.73. The van der Waals surface area contributed by atoms with Gasteiger partial charge in [-0.2, -0.15) is 0 Å². The fraction of sp³-hybridized carbons (Fsp3) is 0.364. The second kappa shape index (κ2) is 8.56. The zero-order chi connectivity index (χ0) is 22.1. The van der Waals surface area contributed by atoms with Crippen molar-refractivity contribution in [3.05, 3.63) is 64.6 Å². The minimum atomic E-state index is -4.24. The van der Waals surface area contributed by atoms with Gasteiger partial charge in [-0.3, -0.25) is 0 Å². The van der Waals surface area contributed by atoms with Crippen LogP contribution in [0.1, 0.15) is 37.9 Å². The van der Waals surface area contributed by atoms with E-state index in [4.69, 9.17) is 16.3 Å². The van der Waals surface area contributed by atoms with Crippen molar-refractivity contribution in [2.24, 2.45) is 5.92 Å². The van der Waals surface area contributed by atoms with Crippen LogP contribution < -0.4 is 4.74 Å². The number of nitrogens with zero attached hydrogens (tertiary/aromatic N) is 1. The van der Waals surface area contributed by atoms with Gasteiger partial charge in [0.1, 0.15) is 23.0 Å². The van der Waals surface area contributed by atoms with Crippen LogP contribution in [0, 0.1) is 28.8 Å². The molecule has 0 saturated heterocycles. The molecule has 0 amide bonds. The Kier molecular flexibility index (Phi) is 6.44. The standard InChI is InChI=1S/C22H22ClFNO4S/c1-15(2)22(19-14-17(24)10-11-20(19)29-13-7-6-12-23)25(26)16(3)18-8-4-5-9-21(18)30(22,27)28/h4-5,8-11,14-16H,12-13H2,1-3H3/q-1. The van der Waals surface area contributed by atoms with Gasteiger partial charge in [0.25, 0.3) is 0 Å². The molecule has 0 saturated carbocycles. The minimum Gasteiger partial charge on any atom is -0.783 e. The lowest BCUT2D eigenvalue weighted by Gasteiger charge is -2.56. The largest absolute Gasteiger partial charge is 0.783 e. The highest BCUT2D eigenvalue weighted by Gasteiger charge is 2.56. The van der Waals surface area contributed by atoms with Gasteiger partial charge in [0.15, 0.2) is 0 Å². The Balaban J connectivity index is 2.32. The second-order valence-corrected chi connectivity index (χ2v) is 9.65. The number of hydroxylamine groups is 2. The lowest BCUT2D eigenvalue weighted by atomic mass is 9.91. The van der Waals surface area contributed by atoms with Gasteiger partial charge in [-0.05, 0) is 42.7 Å². The Hall–Kier alpha value is -2.11. The third kappa shape index (κ3) is 3.38. The van der Waals surface area contributed by atoms with E-state index in [0.717, 1.165) is 12.1 Å². The average Bonchev–Trinajstić information content (AvgIpc) is 2.71. The SMILES string of the molecule is CC1c2ccccc2S(=O)(=O)C(c2cc(F)ccc2OCC#CCCl)(C(C)C)N1[O-]. The summed E-state index contributed by atoms with van der Waals surface area (Å²) in [5.41, 5.74) is 0.372. The molecule has 0 radical (unpaired) electrons. The fourth-order valence-electron chi connectivity index (χ4n) is 4.03. The summed E-state index contributed by atoms with van der Waals surface area (Å²) in [4.78, 5) is -2.01. The monoisotopic (exact) mass is 450 g/mol. The highest BCUT2D eigenvalue weighted by Crippen LogP contribution is 2.54. The Labute approximate surface area is 181 Å². The molecule has 2 aromatic carbocycles. The van der Waals surface area contributed by atoms with Gasteiger partial charge in [0, 0.05) is 11.6 Å². The lowest BCUT2D eigenvalue weighted by Crippen LogP contribution is -2.56. The predicted octanol–water partition coefficient (Wildman–Crippen LogP) is 4.60. The zero-order valence-corrected chi connectivity index (χ0v) is 18.4. The highest BCUT2D eigenvalue weighted by molar-refractivity contribution is 7.92. The van der Waals surface area contributed by atoms with Crippen molar-refractivity contribution in [1.82, 2.24) is 5.06 Å². The third-order valence-electron chi connectivity index (χ3n) is 5.35. The molecule has 0 N–H and O–H groups in total. The van der Waals surface area contributed by atoms with Gasteiger partial charge in [0.05, 0.1) is 10.8 Å². The number of hydrogen-bond acceptors (Lipinski definition) is 5. The van der Waals surface area contributed by atoms with Crippen molar-refractivity contribution in [3.63, 3.8) is 0 Å². The first-order valence-corrected chi connectivity index (χ1v) is 11.5. The normalized spacial score (nSPS) is 22.8. The summed E-state index contributed by atoms with van der Waals surface area (Å²) in [5.74, 6) is 4.14. The van der Waals surface area contributed by atoms with Gasteiger partial charge in [-0.25, -0.2) is 12.8 Å². The maximum absolute atomic E-state index is 14.3. The molecule has 0 aliphatic carbocycles. The molecule has 0 spiro atoms. The first kappa shape index (κ1) is 22.6. The minimum absolute atomic E-state index is 0.0403. The van der Waals surface area contributed by atoms with Crippen molar-refractivity contribution in [1.29, 1.82) is 0 Å². The van der Waals surface area contributed by atoms with E-state index in [1.807, 2.05) is 0 Å². The molecule has 1 aliphatic rings. The first-order chi connectivity index (χ1) is 14.2. The number of ether oxygens (including phenoxy) is 1. The van der Waals surface area contributed by atoms with Crippen LogP contribution in [0.2, 0.25) is 0 Å². The van der Waals surface area contributed by atoms with E-state index in [1.54, 1.807) is 39.0 Å². The maximum atomic E-state index is 14.3. The smallest absolute Gasteiger partial charge is 0.201 e. The van der Waals surface area contributed by atoms with Gasteiger partial charge in [0.2, 0.25) is 9.84 Å². The Morgan fingerprint density at radius 3 is 2.63 bits per heavy atom. The molecule has 30 heavy (non-hydrogen) atoms. The quantitative estimate of drug-likeness (QED) is 0.502. The second-order valence-electron chi connectivity index (χ2n) is 7.31. The highest BCUT2D eigenvalue weighted by atomic mass is 35.5. The van der Waals surface area contributed by atoms with E-state index in [-0.39, 0.29) is 28.7 Å². The Morgan fingerprint density at radius 1 is 1.27 bits per heavy atom. The molecule has 2 unspecified atom stereocenters. The van der Waals surface area contributed by atoms with Crippen LogP contribution in [0.3, 0.4) is 0 Å². The molecular formula is C22H22ClFNO4S-. The van der Waals surface area contributed by atoms with Crippen LogP contribution in [-0.2, 0) is 14.7 Å². The first-order valence-electron chi connectivity index (χ1n) is 9.44. The van der Waals surface area contributed by atoms with E-state index in [2.05, 4.69) is 11.8 Å². The van der Waals surface area contributed by atoms with Crippen LogP contribution in [0.15, 0.2) is 47.4 Å².